The van der Waals surface area contributed by atoms with Crippen molar-refractivity contribution < 1.29 is 9.90 Å². The van der Waals surface area contributed by atoms with Gasteiger partial charge < -0.3 is 10.1 Å². The summed E-state index contributed by atoms with van der Waals surface area (Å²) in [6.07, 6.45) is 3.69. The average molecular weight is 383 g/mol. The standard InChI is InChI=1S/C22H17N5O2/c28-16-7-5-14(6-8-16)20-13-19(21-24-17-3-1-2-4-18(17)25-21)26-27(20)22(29)15-9-11-23-12-10-15/h1-12,20,28H,13H2,(H,24,25). The third-order valence-corrected chi connectivity index (χ3v) is 4.99. The van der Waals surface area contributed by atoms with Crippen LogP contribution < -0.4 is 0 Å². The SMILES string of the molecule is O=C(c1ccncc1)N1N=C(c2nc3ccccc3[nH]2)CC1c1ccc(O)cc1. The molecule has 1 amide bonds. The molecule has 0 saturated carbocycles. The Morgan fingerprint density at radius 2 is 1.79 bits per heavy atom. The van der Waals surface area contributed by atoms with E-state index >= 15 is 0 Å². The van der Waals surface area contributed by atoms with E-state index in [-0.39, 0.29) is 17.7 Å². The molecule has 0 fully saturated rings. The normalized spacial score (nSPS) is 16.2. The van der Waals surface area contributed by atoms with Crippen molar-refractivity contribution in [2.45, 2.75) is 12.5 Å². The lowest BCUT2D eigenvalue weighted by atomic mass is 10.0. The van der Waals surface area contributed by atoms with Gasteiger partial charge in [-0.05, 0) is 42.0 Å². The lowest BCUT2D eigenvalue weighted by Crippen LogP contribution is -2.27. The van der Waals surface area contributed by atoms with Crippen LogP contribution in [-0.4, -0.2) is 36.7 Å². The van der Waals surface area contributed by atoms with Gasteiger partial charge in [-0.15, -0.1) is 0 Å². The van der Waals surface area contributed by atoms with Crippen LogP contribution in [0.15, 0.2) is 78.2 Å². The smallest absolute Gasteiger partial charge is 0.274 e. The van der Waals surface area contributed by atoms with Gasteiger partial charge in [0.1, 0.15) is 11.5 Å². The van der Waals surface area contributed by atoms with E-state index in [1.165, 1.54) is 5.01 Å². The number of hydrazone groups is 1. The van der Waals surface area contributed by atoms with Crippen LogP contribution in [0.4, 0.5) is 0 Å². The molecule has 0 aliphatic carbocycles. The number of para-hydroxylation sites is 2. The zero-order chi connectivity index (χ0) is 19.8. The van der Waals surface area contributed by atoms with Crippen molar-refractivity contribution in [3.05, 3.63) is 90.0 Å². The maximum absolute atomic E-state index is 13.2. The van der Waals surface area contributed by atoms with Crippen LogP contribution >= 0.6 is 0 Å². The number of hydrogen-bond acceptors (Lipinski definition) is 5. The molecular formula is C22H17N5O2. The molecule has 0 radical (unpaired) electrons. The molecule has 1 atom stereocenters. The molecule has 0 spiro atoms. The Labute approximate surface area is 166 Å². The molecule has 7 nitrogen and oxygen atoms in total. The van der Waals surface area contributed by atoms with Crippen LogP contribution in [0.3, 0.4) is 0 Å². The number of nitrogens with zero attached hydrogens (tertiary/aromatic N) is 4. The van der Waals surface area contributed by atoms with Crippen LogP contribution in [0.2, 0.25) is 0 Å². The molecule has 7 heteroatoms. The molecule has 2 aromatic heterocycles. The second-order valence-electron chi connectivity index (χ2n) is 6.85. The van der Waals surface area contributed by atoms with Gasteiger partial charge in [0.25, 0.3) is 5.91 Å². The number of aromatic hydroxyl groups is 1. The van der Waals surface area contributed by atoms with Crippen LogP contribution in [0.25, 0.3) is 11.0 Å². The van der Waals surface area contributed by atoms with E-state index < -0.39 is 0 Å². The first-order chi connectivity index (χ1) is 14.2. The minimum absolute atomic E-state index is 0.178. The number of carbonyl (C=O) groups excluding carboxylic acids is 1. The summed E-state index contributed by atoms with van der Waals surface area (Å²) in [6.45, 7) is 0. The number of phenols is 1. The van der Waals surface area contributed by atoms with E-state index in [0.29, 0.717) is 23.5 Å². The summed E-state index contributed by atoms with van der Waals surface area (Å²) in [5.74, 6) is 0.619. The molecular weight excluding hydrogens is 366 g/mol. The van der Waals surface area contributed by atoms with E-state index in [1.807, 2.05) is 36.4 Å². The second kappa shape index (κ2) is 6.87. The van der Waals surface area contributed by atoms with Crippen molar-refractivity contribution in [3.63, 3.8) is 0 Å². The van der Waals surface area contributed by atoms with Gasteiger partial charge in [-0.2, -0.15) is 5.10 Å². The monoisotopic (exact) mass is 383 g/mol. The van der Waals surface area contributed by atoms with Gasteiger partial charge in [-0.25, -0.2) is 9.99 Å². The van der Waals surface area contributed by atoms with E-state index in [0.717, 1.165) is 16.6 Å². The first-order valence-corrected chi connectivity index (χ1v) is 9.24. The number of aromatic nitrogens is 3. The molecule has 142 valence electrons. The molecule has 1 unspecified atom stereocenters. The quantitative estimate of drug-likeness (QED) is 0.564. The molecule has 5 rings (SSSR count). The third-order valence-electron chi connectivity index (χ3n) is 4.99. The molecule has 1 aliphatic heterocycles. The van der Waals surface area contributed by atoms with Crippen LogP contribution in [-0.2, 0) is 0 Å². The first-order valence-electron chi connectivity index (χ1n) is 9.24. The highest BCUT2D eigenvalue weighted by Gasteiger charge is 2.34. The molecule has 2 N–H and O–H groups in total. The number of carbonyl (C=O) groups is 1. The number of fused-ring (bicyclic) bond motifs is 1. The van der Waals surface area contributed by atoms with Gasteiger partial charge in [-0.3, -0.25) is 9.78 Å². The number of pyridine rings is 1. The number of aromatic amines is 1. The molecule has 2 aromatic carbocycles. The summed E-state index contributed by atoms with van der Waals surface area (Å²) in [5, 5.41) is 15.8. The van der Waals surface area contributed by atoms with E-state index in [4.69, 9.17) is 0 Å². The predicted molar refractivity (Wildman–Crippen MR) is 109 cm³/mol. The molecule has 0 saturated heterocycles. The molecule has 3 heterocycles. The van der Waals surface area contributed by atoms with Crippen LogP contribution in [0.1, 0.15) is 34.2 Å². The fourth-order valence-electron chi connectivity index (χ4n) is 3.51. The van der Waals surface area contributed by atoms with Crippen LogP contribution in [0, 0.1) is 0 Å². The fourth-order valence-corrected chi connectivity index (χ4v) is 3.51. The number of H-pyrrole nitrogens is 1. The lowest BCUT2D eigenvalue weighted by molar-refractivity contribution is 0.0711. The van der Waals surface area contributed by atoms with Gasteiger partial charge in [-0.1, -0.05) is 24.3 Å². The maximum Gasteiger partial charge on any atom is 0.274 e. The maximum atomic E-state index is 13.2. The number of hydrogen-bond donors (Lipinski definition) is 2. The number of rotatable bonds is 3. The van der Waals surface area contributed by atoms with Gasteiger partial charge in [0.15, 0.2) is 5.82 Å². The number of imidazole rings is 1. The average Bonchev–Trinajstić information content (AvgIpc) is 3.39. The highest BCUT2D eigenvalue weighted by atomic mass is 16.3. The molecule has 1 aliphatic rings. The summed E-state index contributed by atoms with van der Waals surface area (Å²) in [5.41, 5.74) is 3.88. The van der Waals surface area contributed by atoms with Crippen LogP contribution in [0.5, 0.6) is 5.75 Å². The summed E-state index contributed by atoms with van der Waals surface area (Å²) >= 11 is 0. The van der Waals surface area contributed by atoms with E-state index in [9.17, 15) is 9.90 Å². The summed E-state index contributed by atoms with van der Waals surface area (Å²) in [7, 11) is 0. The zero-order valence-corrected chi connectivity index (χ0v) is 15.4. The Bertz CT molecular complexity index is 1180. The number of nitrogens with one attached hydrogen (secondary N) is 1. The highest BCUT2D eigenvalue weighted by Crippen LogP contribution is 2.34. The zero-order valence-electron chi connectivity index (χ0n) is 15.4. The predicted octanol–water partition coefficient (Wildman–Crippen LogP) is 3.66. The Hall–Kier alpha value is -4.00. The Kier molecular flexibility index (Phi) is 4.05. The van der Waals surface area contributed by atoms with Crippen molar-refractivity contribution in [1.82, 2.24) is 20.0 Å². The Morgan fingerprint density at radius 3 is 2.55 bits per heavy atom. The van der Waals surface area contributed by atoms with Gasteiger partial charge in [0.05, 0.1) is 17.1 Å². The Morgan fingerprint density at radius 1 is 1.03 bits per heavy atom. The first kappa shape index (κ1) is 17.1. The van der Waals surface area contributed by atoms with Crippen molar-refractivity contribution >= 4 is 22.7 Å². The fraction of sp³-hybridized carbons (Fsp3) is 0.0909. The van der Waals surface area contributed by atoms with E-state index in [2.05, 4.69) is 20.1 Å². The largest absolute Gasteiger partial charge is 0.508 e. The minimum Gasteiger partial charge on any atom is -0.508 e. The summed E-state index contributed by atoms with van der Waals surface area (Å²) in [4.78, 5) is 25.1. The van der Waals surface area contributed by atoms with Crippen molar-refractivity contribution in [3.8, 4) is 5.75 Å². The molecule has 29 heavy (non-hydrogen) atoms. The van der Waals surface area contributed by atoms with Crippen molar-refractivity contribution in [1.29, 1.82) is 0 Å². The van der Waals surface area contributed by atoms with Gasteiger partial charge >= 0.3 is 0 Å². The minimum atomic E-state index is -0.292. The van der Waals surface area contributed by atoms with Gasteiger partial charge in [0.2, 0.25) is 0 Å². The summed E-state index contributed by atoms with van der Waals surface area (Å²) < 4.78 is 0. The third kappa shape index (κ3) is 3.12. The second-order valence-corrected chi connectivity index (χ2v) is 6.85. The number of benzene rings is 2. The molecule has 0 bridgehead atoms. The number of amides is 1. The van der Waals surface area contributed by atoms with Crippen molar-refractivity contribution in [2.24, 2.45) is 5.10 Å². The topological polar surface area (TPSA) is 94.5 Å². The Balaban J connectivity index is 1.56. The van der Waals surface area contributed by atoms with Gasteiger partial charge in [0, 0.05) is 24.4 Å². The van der Waals surface area contributed by atoms with Crippen molar-refractivity contribution in [2.75, 3.05) is 0 Å². The highest BCUT2D eigenvalue weighted by molar-refractivity contribution is 6.04. The number of phenolic OH excluding ortho intramolecular Hbond substituents is 1. The van der Waals surface area contributed by atoms with E-state index in [1.54, 1.807) is 36.7 Å². The summed E-state index contributed by atoms with van der Waals surface area (Å²) in [6, 6.07) is 17.7. The lowest BCUT2D eigenvalue weighted by Gasteiger charge is -2.22. The molecule has 4 aromatic rings.